The number of aromatic nitrogens is 2. The summed E-state index contributed by atoms with van der Waals surface area (Å²) in [5.74, 6) is 0.643. The van der Waals surface area contributed by atoms with E-state index in [0.29, 0.717) is 17.1 Å². The van der Waals surface area contributed by atoms with Crippen LogP contribution < -0.4 is 11.0 Å². The molecule has 4 rings (SSSR count). The lowest BCUT2D eigenvalue weighted by atomic mass is 9.95. The zero-order valence-electron chi connectivity index (χ0n) is 18.2. The molecule has 1 fully saturated rings. The van der Waals surface area contributed by atoms with Gasteiger partial charge in [-0.2, -0.15) is 0 Å². The molecule has 0 saturated carbocycles. The van der Waals surface area contributed by atoms with Crippen LogP contribution >= 0.6 is 0 Å². The van der Waals surface area contributed by atoms with Crippen molar-refractivity contribution in [2.24, 2.45) is 5.92 Å². The van der Waals surface area contributed by atoms with Gasteiger partial charge < -0.3 is 20.2 Å². The molecule has 0 aliphatic carbocycles. The number of likely N-dealkylation sites (tertiary alicyclic amines) is 1. The fourth-order valence-electron chi connectivity index (χ4n) is 4.45. The highest BCUT2D eigenvalue weighted by molar-refractivity contribution is 5.96. The summed E-state index contributed by atoms with van der Waals surface area (Å²) in [6.07, 6.45) is 2.21. The van der Waals surface area contributed by atoms with Gasteiger partial charge >= 0.3 is 5.69 Å². The minimum Gasteiger partial charge on any atom is -0.325 e. The molecule has 0 radical (unpaired) electrons. The van der Waals surface area contributed by atoms with Gasteiger partial charge in [0.25, 0.3) is 0 Å². The molecule has 3 aromatic rings. The maximum absolute atomic E-state index is 12.8. The number of hydrogen-bond acceptors (Lipinski definition) is 4. The number of piperidine rings is 1. The number of fused-ring (bicyclic) bond motifs is 1. The van der Waals surface area contributed by atoms with Crippen LogP contribution in [0.3, 0.4) is 0 Å². The summed E-state index contributed by atoms with van der Waals surface area (Å²) in [5, 5.41) is 2.99. The zero-order valence-corrected chi connectivity index (χ0v) is 18.2. The van der Waals surface area contributed by atoms with Crippen LogP contribution in [0.5, 0.6) is 0 Å². The Bertz CT molecular complexity index is 1070. The van der Waals surface area contributed by atoms with Crippen molar-refractivity contribution in [2.45, 2.75) is 32.4 Å². The molecule has 0 spiro atoms. The smallest absolute Gasteiger partial charge is 0.323 e. The Hall–Kier alpha value is -2.90. The maximum atomic E-state index is 12.8. The van der Waals surface area contributed by atoms with Crippen LogP contribution in [0.15, 0.2) is 53.3 Å². The van der Waals surface area contributed by atoms with E-state index < -0.39 is 0 Å². The summed E-state index contributed by atoms with van der Waals surface area (Å²) in [5.41, 5.74) is 3.21. The number of carbonyl (C=O) groups is 1. The molecule has 1 atom stereocenters. The number of rotatable bonds is 7. The summed E-state index contributed by atoms with van der Waals surface area (Å²) in [7, 11) is 2.18. The molecule has 1 aliphatic rings. The summed E-state index contributed by atoms with van der Waals surface area (Å²) < 4.78 is 0. The quantitative estimate of drug-likeness (QED) is 0.548. The lowest BCUT2D eigenvalue weighted by Gasteiger charge is -2.36. The molecule has 0 unspecified atom stereocenters. The molecule has 3 N–H and O–H groups in total. The van der Waals surface area contributed by atoms with E-state index in [0.717, 1.165) is 44.5 Å². The van der Waals surface area contributed by atoms with E-state index >= 15 is 0 Å². The van der Waals surface area contributed by atoms with Gasteiger partial charge in [-0.15, -0.1) is 0 Å². The van der Waals surface area contributed by atoms with Crippen molar-refractivity contribution in [3.05, 3.63) is 64.6 Å². The second kappa shape index (κ2) is 9.49. The van der Waals surface area contributed by atoms with E-state index in [9.17, 15) is 9.59 Å². The Balaban J connectivity index is 1.25. The summed E-state index contributed by atoms with van der Waals surface area (Å²) in [6, 6.07) is 15.8. The molecule has 1 aliphatic heterocycles. The molecule has 31 heavy (non-hydrogen) atoms. The number of nitrogens with zero attached hydrogens (tertiary/aromatic N) is 2. The van der Waals surface area contributed by atoms with Gasteiger partial charge in [-0.05, 0) is 69.6 Å². The van der Waals surface area contributed by atoms with Crippen molar-refractivity contribution < 1.29 is 4.79 Å². The van der Waals surface area contributed by atoms with Crippen LogP contribution in [0, 0.1) is 5.92 Å². The largest absolute Gasteiger partial charge is 0.325 e. The molecule has 1 aromatic heterocycles. The molecule has 2 aromatic carbocycles. The van der Waals surface area contributed by atoms with Crippen LogP contribution in [-0.4, -0.2) is 58.4 Å². The third kappa shape index (κ3) is 5.42. The van der Waals surface area contributed by atoms with Crippen molar-refractivity contribution in [1.82, 2.24) is 19.8 Å². The van der Waals surface area contributed by atoms with Gasteiger partial charge in [-0.3, -0.25) is 9.69 Å². The van der Waals surface area contributed by atoms with Crippen molar-refractivity contribution in [3.63, 3.8) is 0 Å². The van der Waals surface area contributed by atoms with Crippen LogP contribution in [0.25, 0.3) is 11.0 Å². The fraction of sp³-hybridized carbons (Fsp3) is 0.417. The molecule has 164 valence electrons. The van der Waals surface area contributed by atoms with E-state index in [1.807, 2.05) is 13.0 Å². The molecular formula is C24H31N5O2. The van der Waals surface area contributed by atoms with Gasteiger partial charge in [-0.1, -0.05) is 30.3 Å². The van der Waals surface area contributed by atoms with E-state index in [1.165, 1.54) is 5.56 Å². The SMILES string of the molecule is C[C@H](C(=O)Nc1ccc2[nH]c(=O)[nH]c2c1)N1CCC(CN(C)Cc2ccccc2)CC1. The number of imidazole rings is 1. The van der Waals surface area contributed by atoms with Gasteiger partial charge in [-0.25, -0.2) is 4.79 Å². The highest BCUT2D eigenvalue weighted by atomic mass is 16.2. The lowest BCUT2D eigenvalue weighted by Crippen LogP contribution is -2.47. The molecular weight excluding hydrogens is 390 g/mol. The third-order valence-corrected chi connectivity index (χ3v) is 6.22. The zero-order chi connectivity index (χ0) is 21.8. The Kier molecular flexibility index (Phi) is 6.53. The molecule has 0 bridgehead atoms. The number of nitrogens with one attached hydrogen (secondary N) is 3. The van der Waals surface area contributed by atoms with Crippen molar-refractivity contribution in [1.29, 1.82) is 0 Å². The Morgan fingerprint density at radius 1 is 1.13 bits per heavy atom. The molecule has 7 nitrogen and oxygen atoms in total. The molecule has 2 heterocycles. The van der Waals surface area contributed by atoms with Gasteiger partial charge in [0.05, 0.1) is 17.1 Å². The topological polar surface area (TPSA) is 84.2 Å². The molecule has 1 amide bonds. The number of H-pyrrole nitrogens is 2. The van der Waals surface area contributed by atoms with Crippen LogP contribution in [0.1, 0.15) is 25.3 Å². The predicted molar refractivity (Wildman–Crippen MR) is 124 cm³/mol. The average Bonchev–Trinajstić information content (AvgIpc) is 3.13. The normalized spacial score (nSPS) is 16.6. The fourth-order valence-corrected chi connectivity index (χ4v) is 4.45. The summed E-state index contributed by atoms with van der Waals surface area (Å²) in [4.78, 5) is 34.3. The number of benzene rings is 2. The lowest BCUT2D eigenvalue weighted by molar-refractivity contribution is -0.121. The first kappa shape index (κ1) is 21.3. The van der Waals surface area contributed by atoms with E-state index in [4.69, 9.17) is 0 Å². The highest BCUT2D eigenvalue weighted by Crippen LogP contribution is 2.21. The van der Waals surface area contributed by atoms with Crippen molar-refractivity contribution in [2.75, 3.05) is 32.0 Å². The Morgan fingerprint density at radius 3 is 2.58 bits per heavy atom. The monoisotopic (exact) mass is 421 g/mol. The van der Waals surface area contributed by atoms with Crippen molar-refractivity contribution in [3.8, 4) is 0 Å². The minimum atomic E-state index is -0.246. The minimum absolute atomic E-state index is 0.0168. The summed E-state index contributed by atoms with van der Waals surface area (Å²) >= 11 is 0. The highest BCUT2D eigenvalue weighted by Gasteiger charge is 2.27. The predicted octanol–water partition coefficient (Wildman–Crippen LogP) is 3.03. The van der Waals surface area contributed by atoms with Crippen LogP contribution in [0.2, 0.25) is 0 Å². The number of aromatic amines is 2. The second-order valence-corrected chi connectivity index (χ2v) is 8.67. The molecule has 7 heteroatoms. The van der Waals surface area contributed by atoms with Gasteiger partial charge in [0.1, 0.15) is 0 Å². The van der Waals surface area contributed by atoms with E-state index in [-0.39, 0.29) is 17.6 Å². The van der Waals surface area contributed by atoms with Gasteiger partial charge in [0, 0.05) is 18.8 Å². The second-order valence-electron chi connectivity index (χ2n) is 8.67. The maximum Gasteiger partial charge on any atom is 0.323 e. The molecule has 1 saturated heterocycles. The number of hydrogen-bond donors (Lipinski definition) is 3. The Labute approximate surface area is 182 Å². The van der Waals surface area contributed by atoms with E-state index in [2.05, 4.69) is 62.5 Å². The average molecular weight is 422 g/mol. The van der Waals surface area contributed by atoms with Crippen LogP contribution in [-0.2, 0) is 11.3 Å². The summed E-state index contributed by atoms with van der Waals surface area (Å²) in [6.45, 7) is 5.88. The van der Waals surface area contributed by atoms with Gasteiger partial charge in [0.15, 0.2) is 0 Å². The number of amides is 1. The number of carbonyl (C=O) groups excluding carboxylic acids is 1. The first-order valence-corrected chi connectivity index (χ1v) is 11.0. The van der Waals surface area contributed by atoms with E-state index in [1.54, 1.807) is 12.1 Å². The standard InChI is InChI=1S/C24H31N5O2/c1-17(23(30)25-20-8-9-21-22(14-20)27-24(31)26-21)29-12-10-19(11-13-29)16-28(2)15-18-6-4-3-5-7-18/h3-9,14,17,19H,10-13,15-16H2,1-2H3,(H,25,30)(H2,26,27,31)/t17-/m1/s1. The third-order valence-electron chi connectivity index (χ3n) is 6.22. The van der Waals surface area contributed by atoms with Crippen molar-refractivity contribution >= 4 is 22.6 Å². The van der Waals surface area contributed by atoms with Crippen LogP contribution in [0.4, 0.5) is 5.69 Å². The van der Waals surface area contributed by atoms with Gasteiger partial charge in [0.2, 0.25) is 5.91 Å². The first-order valence-electron chi connectivity index (χ1n) is 11.0. The number of anilines is 1. The first-order chi connectivity index (χ1) is 15.0. The Morgan fingerprint density at radius 2 is 1.84 bits per heavy atom.